The van der Waals surface area contributed by atoms with Crippen LogP contribution in [0, 0.1) is 11.6 Å². The molecule has 0 aliphatic heterocycles. The molecule has 136 valence electrons. The van der Waals surface area contributed by atoms with Crippen molar-refractivity contribution in [3.8, 4) is 11.5 Å². The first-order chi connectivity index (χ1) is 12.2. The Morgan fingerprint density at radius 1 is 1.19 bits per heavy atom. The third-order valence-electron chi connectivity index (χ3n) is 3.53. The van der Waals surface area contributed by atoms with Crippen molar-refractivity contribution in [2.75, 3.05) is 6.26 Å². The molecule has 2 heterocycles. The summed E-state index contributed by atoms with van der Waals surface area (Å²) in [5, 5.41) is -0.0822. The zero-order valence-corrected chi connectivity index (χ0v) is 14.5. The van der Waals surface area contributed by atoms with Crippen molar-refractivity contribution >= 4 is 20.9 Å². The van der Waals surface area contributed by atoms with Crippen molar-refractivity contribution in [3.05, 3.63) is 52.5 Å². The van der Waals surface area contributed by atoms with Gasteiger partial charge in [0.1, 0.15) is 11.5 Å². The summed E-state index contributed by atoms with van der Waals surface area (Å²) in [5.41, 5.74) is -0.526. The fraction of sp³-hybridized carbons (Fsp3) is 0.188. The fourth-order valence-corrected chi connectivity index (χ4v) is 2.83. The van der Waals surface area contributed by atoms with E-state index in [0.717, 1.165) is 18.4 Å². The van der Waals surface area contributed by atoms with E-state index in [-0.39, 0.29) is 23.7 Å². The number of halogens is 2. The van der Waals surface area contributed by atoms with E-state index in [2.05, 4.69) is 9.97 Å². The minimum absolute atomic E-state index is 0.111. The molecule has 26 heavy (non-hydrogen) atoms. The van der Waals surface area contributed by atoms with Crippen LogP contribution in [0.4, 0.5) is 8.78 Å². The number of rotatable bonds is 4. The Morgan fingerprint density at radius 2 is 1.92 bits per heavy atom. The van der Waals surface area contributed by atoms with Gasteiger partial charge >= 0.3 is 0 Å². The quantitative estimate of drug-likeness (QED) is 0.644. The monoisotopic (exact) mass is 381 g/mol. The van der Waals surface area contributed by atoms with E-state index < -0.39 is 32.2 Å². The first kappa shape index (κ1) is 17.9. The van der Waals surface area contributed by atoms with E-state index >= 15 is 0 Å². The highest BCUT2D eigenvalue weighted by Crippen LogP contribution is 2.25. The molecule has 7 nitrogen and oxygen atoms in total. The van der Waals surface area contributed by atoms with Crippen molar-refractivity contribution in [2.24, 2.45) is 0 Å². The molecule has 0 N–H and O–H groups in total. The minimum Gasteiger partial charge on any atom is -0.448 e. The highest BCUT2D eigenvalue weighted by Gasteiger charge is 2.17. The second kappa shape index (κ2) is 6.45. The van der Waals surface area contributed by atoms with Crippen LogP contribution in [0.25, 0.3) is 11.0 Å². The number of pyridine rings is 1. The maximum atomic E-state index is 13.8. The lowest BCUT2D eigenvalue weighted by Crippen LogP contribution is -2.22. The first-order valence-corrected chi connectivity index (χ1v) is 9.33. The molecule has 0 saturated heterocycles. The van der Waals surface area contributed by atoms with Gasteiger partial charge in [-0.05, 0) is 25.1 Å². The lowest BCUT2D eigenvalue weighted by atomic mass is 10.3. The standard InChI is InChI=1S/C16H13F2N3O4S/c1-3-21-14-9(8-19-16(20-14)26(2,23)24)6-13(15(21)22)25-12-5-4-10(17)7-11(12)18/h4-8H,3H2,1-2H3. The number of sulfone groups is 1. The Kier molecular flexibility index (Phi) is 4.45. The van der Waals surface area contributed by atoms with Gasteiger partial charge in [0, 0.05) is 30.4 Å². The van der Waals surface area contributed by atoms with E-state index in [9.17, 15) is 22.0 Å². The Labute approximate surface area is 146 Å². The normalized spacial score (nSPS) is 11.7. The van der Waals surface area contributed by atoms with E-state index in [1.165, 1.54) is 16.8 Å². The molecule has 0 radical (unpaired) electrons. The van der Waals surface area contributed by atoms with Gasteiger partial charge in [0.15, 0.2) is 17.3 Å². The predicted molar refractivity (Wildman–Crippen MR) is 89.0 cm³/mol. The van der Waals surface area contributed by atoms with Crippen molar-refractivity contribution in [2.45, 2.75) is 18.6 Å². The zero-order chi connectivity index (χ0) is 19.1. The van der Waals surface area contributed by atoms with Crippen LogP contribution in [0.1, 0.15) is 6.92 Å². The first-order valence-electron chi connectivity index (χ1n) is 7.44. The van der Waals surface area contributed by atoms with Gasteiger partial charge in [-0.3, -0.25) is 9.36 Å². The summed E-state index contributed by atoms with van der Waals surface area (Å²) in [5.74, 6) is -2.28. The number of aryl methyl sites for hydroxylation is 1. The summed E-state index contributed by atoms with van der Waals surface area (Å²) in [4.78, 5) is 20.3. The maximum Gasteiger partial charge on any atom is 0.295 e. The van der Waals surface area contributed by atoms with Crippen LogP contribution in [-0.4, -0.2) is 29.2 Å². The minimum atomic E-state index is -3.65. The van der Waals surface area contributed by atoms with E-state index in [1.54, 1.807) is 6.92 Å². The number of ether oxygens (including phenoxy) is 1. The second-order valence-corrected chi connectivity index (χ2v) is 7.35. The van der Waals surface area contributed by atoms with E-state index in [0.29, 0.717) is 11.5 Å². The number of hydrogen-bond donors (Lipinski definition) is 0. The summed E-state index contributed by atoms with van der Waals surface area (Å²) < 4.78 is 56.5. The van der Waals surface area contributed by atoms with Crippen LogP contribution in [0.5, 0.6) is 11.5 Å². The topological polar surface area (TPSA) is 91.2 Å². The third kappa shape index (κ3) is 3.27. The van der Waals surface area contributed by atoms with Gasteiger partial charge in [0.05, 0.1) is 0 Å². The zero-order valence-electron chi connectivity index (χ0n) is 13.7. The number of nitrogens with zero attached hydrogens (tertiary/aromatic N) is 3. The molecular formula is C16H13F2N3O4S. The predicted octanol–water partition coefficient (Wildman–Crippen LogP) is 2.29. The van der Waals surface area contributed by atoms with Gasteiger partial charge < -0.3 is 4.74 Å². The summed E-state index contributed by atoms with van der Waals surface area (Å²) in [6, 6.07) is 3.97. The van der Waals surface area contributed by atoms with Crippen molar-refractivity contribution in [3.63, 3.8) is 0 Å². The van der Waals surface area contributed by atoms with Crippen LogP contribution in [0.2, 0.25) is 0 Å². The molecule has 1 aromatic carbocycles. The molecule has 0 saturated carbocycles. The van der Waals surface area contributed by atoms with E-state index in [1.807, 2.05) is 0 Å². The molecule has 10 heteroatoms. The lowest BCUT2D eigenvalue weighted by molar-refractivity contribution is 0.429. The molecular weight excluding hydrogens is 368 g/mol. The van der Waals surface area contributed by atoms with Gasteiger partial charge in [-0.25, -0.2) is 22.2 Å². The molecule has 0 fully saturated rings. The van der Waals surface area contributed by atoms with Crippen LogP contribution >= 0.6 is 0 Å². The Balaban J connectivity index is 2.19. The molecule has 0 aliphatic rings. The summed E-state index contributed by atoms with van der Waals surface area (Å²) >= 11 is 0. The molecule has 3 rings (SSSR count). The summed E-state index contributed by atoms with van der Waals surface area (Å²) in [6.07, 6.45) is 2.19. The largest absolute Gasteiger partial charge is 0.448 e. The third-order valence-corrected chi connectivity index (χ3v) is 4.39. The van der Waals surface area contributed by atoms with Crippen molar-refractivity contribution in [1.82, 2.24) is 14.5 Å². The van der Waals surface area contributed by atoms with Crippen molar-refractivity contribution < 1.29 is 21.9 Å². The average Bonchev–Trinajstić information content (AvgIpc) is 2.56. The van der Waals surface area contributed by atoms with Crippen LogP contribution in [0.3, 0.4) is 0 Å². The number of benzene rings is 1. The number of aromatic nitrogens is 3. The molecule has 2 aromatic heterocycles. The molecule has 0 amide bonds. The highest BCUT2D eigenvalue weighted by atomic mass is 32.2. The molecule has 0 aliphatic carbocycles. The van der Waals surface area contributed by atoms with E-state index in [4.69, 9.17) is 4.74 Å². The fourth-order valence-electron chi connectivity index (χ4n) is 2.34. The van der Waals surface area contributed by atoms with Crippen LogP contribution in [-0.2, 0) is 16.4 Å². The summed E-state index contributed by atoms with van der Waals surface area (Å²) in [6.45, 7) is 1.82. The maximum absolute atomic E-state index is 13.8. The van der Waals surface area contributed by atoms with Gasteiger partial charge in [-0.15, -0.1) is 0 Å². The van der Waals surface area contributed by atoms with Gasteiger partial charge in [-0.1, -0.05) is 0 Å². The second-order valence-electron chi connectivity index (χ2n) is 5.44. The highest BCUT2D eigenvalue weighted by molar-refractivity contribution is 7.90. The number of fused-ring (bicyclic) bond motifs is 1. The van der Waals surface area contributed by atoms with Crippen LogP contribution < -0.4 is 10.3 Å². The van der Waals surface area contributed by atoms with Crippen molar-refractivity contribution in [1.29, 1.82) is 0 Å². The Hall–Kier alpha value is -2.88. The van der Waals surface area contributed by atoms with Gasteiger partial charge in [0.25, 0.3) is 5.56 Å². The summed E-state index contributed by atoms with van der Waals surface area (Å²) in [7, 11) is -3.65. The Morgan fingerprint density at radius 3 is 2.54 bits per heavy atom. The van der Waals surface area contributed by atoms with Crippen LogP contribution in [0.15, 0.2) is 40.4 Å². The van der Waals surface area contributed by atoms with Gasteiger partial charge in [0.2, 0.25) is 15.0 Å². The molecule has 0 atom stereocenters. The molecule has 0 spiro atoms. The average molecular weight is 381 g/mol. The molecule has 0 bridgehead atoms. The molecule has 0 unspecified atom stereocenters. The molecule has 3 aromatic rings. The lowest BCUT2D eigenvalue weighted by Gasteiger charge is -2.12. The Bertz CT molecular complexity index is 1180. The smallest absolute Gasteiger partial charge is 0.295 e. The SMILES string of the molecule is CCn1c(=O)c(Oc2ccc(F)cc2F)cc2cnc(S(C)(=O)=O)nc21. The number of hydrogen-bond acceptors (Lipinski definition) is 6. The van der Waals surface area contributed by atoms with Gasteiger partial charge in [-0.2, -0.15) is 4.98 Å².